The molecule has 0 aliphatic heterocycles. The molecule has 1 saturated carbocycles. The van der Waals surface area contributed by atoms with E-state index in [0.29, 0.717) is 13.1 Å². The number of rotatable bonds is 6. The monoisotopic (exact) mass is 254 g/mol. The maximum atomic E-state index is 10.6. The average molecular weight is 254 g/mol. The molecule has 2 rings (SSSR count). The number of aliphatic hydroxyl groups excluding tert-OH is 1. The fourth-order valence-corrected chi connectivity index (χ4v) is 2.38. The lowest BCUT2D eigenvalue weighted by molar-refractivity contribution is 0.0690. The Kier molecular flexibility index (Phi) is 3.93. The van der Waals surface area contributed by atoms with Gasteiger partial charge in [-0.15, -0.1) is 5.10 Å². The van der Waals surface area contributed by atoms with Crippen molar-refractivity contribution in [3.05, 3.63) is 11.9 Å². The summed E-state index contributed by atoms with van der Waals surface area (Å²) in [6, 6.07) is 0. The summed E-state index contributed by atoms with van der Waals surface area (Å²) in [5.41, 5.74) is -0.205. The van der Waals surface area contributed by atoms with Crippen LogP contribution in [-0.4, -0.2) is 49.9 Å². The zero-order valence-electron chi connectivity index (χ0n) is 10.2. The Morgan fingerprint density at radius 3 is 2.78 bits per heavy atom. The van der Waals surface area contributed by atoms with Gasteiger partial charge < -0.3 is 15.5 Å². The van der Waals surface area contributed by atoms with Crippen molar-refractivity contribution < 1.29 is 15.0 Å². The van der Waals surface area contributed by atoms with Gasteiger partial charge >= 0.3 is 5.97 Å². The summed E-state index contributed by atoms with van der Waals surface area (Å²) in [7, 11) is 0. The van der Waals surface area contributed by atoms with Crippen LogP contribution in [0.25, 0.3) is 0 Å². The molecule has 1 aromatic rings. The van der Waals surface area contributed by atoms with Crippen molar-refractivity contribution in [1.82, 2.24) is 20.3 Å². The summed E-state index contributed by atoms with van der Waals surface area (Å²) in [5.74, 6) is -1.07. The SMILES string of the molecule is O=C(O)c1cn(CCNC2(CO)CCCC2)nn1. The number of hydrogen-bond acceptors (Lipinski definition) is 5. The number of carboxylic acids is 1. The van der Waals surface area contributed by atoms with Crippen LogP contribution in [0, 0.1) is 0 Å². The van der Waals surface area contributed by atoms with Crippen LogP contribution >= 0.6 is 0 Å². The molecule has 0 aromatic carbocycles. The molecule has 0 saturated heterocycles. The van der Waals surface area contributed by atoms with Gasteiger partial charge in [0.25, 0.3) is 0 Å². The molecule has 1 fully saturated rings. The average Bonchev–Trinajstić information content (AvgIpc) is 2.98. The predicted molar refractivity (Wildman–Crippen MR) is 63.3 cm³/mol. The Balaban J connectivity index is 1.82. The summed E-state index contributed by atoms with van der Waals surface area (Å²) in [5, 5.41) is 28.7. The molecular formula is C11H18N4O3. The van der Waals surface area contributed by atoms with Crippen molar-refractivity contribution in [2.24, 2.45) is 0 Å². The smallest absolute Gasteiger partial charge is 0.358 e. The lowest BCUT2D eigenvalue weighted by Gasteiger charge is -2.28. The third-order valence-corrected chi connectivity index (χ3v) is 3.46. The molecule has 7 heteroatoms. The molecule has 1 aliphatic carbocycles. The van der Waals surface area contributed by atoms with Gasteiger partial charge in [-0.1, -0.05) is 18.1 Å². The largest absolute Gasteiger partial charge is 0.476 e. The number of hydrogen-bond donors (Lipinski definition) is 3. The molecule has 3 N–H and O–H groups in total. The minimum atomic E-state index is -1.07. The van der Waals surface area contributed by atoms with Gasteiger partial charge in [0.1, 0.15) is 0 Å². The van der Waals surface area contributed by atoms with Crippen molar-refractivity contribution in [2.45, 2.75) is 37.8 Å². The van der Waals surface area contributed by atoms with Crippen molar-refractivity contribution >= 4 is 5.97 Å². The second-order valence-corrected chi connectivity index (χ2v) is 4.74. The molecular weight excluding hydrogens is 236 g/mol. The number of aliphatic hydroxyl groups is 1. The van der Waals surface area contributed by atoms with Crippen LogP contribution in [0.4, 0.5) is 0 Å². The first-order valence-corrected chi connectivity index (χ1v) is 6.14. The van der Waals surface area contributed by atoms with E-state index in [1.54, 1.807) is 0 Å². The van der Waals surface area contributed by atoms with Gasteiger partial charge in [-0.25, -0.2) is 4.79 Å². The van der Waals surface area contributed by atoms with Gasteiger partial charge in [0, 0.05) is 12.1 Å². The molecule has 0 atom stereocenters. The minimum absolute atomic E-state index is 0.0484. The number of nitrogens with zero attached hydrogens (tertiary/aromatic N) is 3. The molecule has 7 nitrogen and oxygen atoms in total. The molecule has 1 aromatic heterocycles. The summed E-state index contributed by atoms with van der Waals surface area (Å²) in [4.78, 5) is 10.6. The number of nitrogens with one attached hydrogen (secondary N) is 1. The van der Waals surface area contributed by atoms with Crippen LogP contribution in [-0.2, 0) is 6.54 Å². The van der Waals surface area contributed by atoms with Crippen molar-refractivity contribution in [3.63, 3.8) is 0 Å². The van der Waals surface area contributed by atoms with Crippen LogP contribution in [0.5, 0.6) is 0 Å². The van der Waals surface area contributed by atoms with Gasteiger partial charge in [-0.2, -0.15) is 0 Å². The molecule has 0 amide bonds. The quantitative estimate of drug-likeness (QED) is 0.654. The van der Waals surface area contributed by atoms with E-state index in [1.165, 1.54) is 10.9 Å². The Morgan fingerprint density at radius 2 is 2.22 bits per heavy atom. The van der Waals surface area contributed by atoms with Crippen molar-refractivity contribution in [3.8, 4) is 0 Å². The zero-order valence-corrected chi connectivity index (χ0v) is 10.2. The molecule has 1 heterocycles. The lowest BCUT2D eigenvalue weighted by Crippen LogP contribution is -2.47. The van der Waals surface area contributed by atoms with Gasteiger partial charge in [-0.05, 0) is 12.8 Å². The van der Waals surface area contributed by atoms with Crippen molar-refractivity contribution in [1.29, 1.82) is 0 Å². The standard InChI is InChI=1S/C11H18N4O3/c16-8-11(3-1-2-4-11)12-5-6-15-7-9(10(17)18)13-14-15/h7,12,16H,1-6,8H2,(H,17,18). The highest BCUT2D eigenvalue weighted by Crippen LogP contribution is 2.28. The Morgan fingerprint density at radius 1 is 1.50 bits per heavy atom. The summed E-state index contributed by atoms with van der Waals surface area (Å²) in [6.45, 7) is 1.33. The highest BCUT2D eigenvalue weighted by Gasteiger charge is 2.32. The van der Waals surface area contributed by atoms with E-state index in [-0.39, 0.29) is 17.8 Å². The number of carbonyl (C=O) groups is 1. The Labute approximate surface area is 105 Å². The number of aromatic carboxylic acids is 1. The van der Waals surface area contributed by atoms with Gasteiger partial charge in [-0.3, -0.25) is 4.68 Å². The molecule has 100 valence electrons. The maximum Gasteiger partial charge on any atom is 0.358 e. The van der Waals surface area contributed by atoms with Gasteiger partial charge in [0.2, 0.25) is 0 Å². The third-order valence-electron chi connectivity index (χ3n) is 3.46. The van der Waals surface area contributed by atoms with Crippen molar-refractivity contribution in [2.75, 3.05) is 13.2 Å². The number of aromatic nitrogens is 3. The second kappa shape index (κ2) is 5.45. The Bertz CT molecular complexity index is 412. The van der Waals surface area contributed by atoms with E-state index >= 15 is 0 Å². The highest BCUT2D eigenvalue weighted by molar-refractivity contribution is 5.84. The second-order valence-electron chi connectivity index (χ2n) is 4.74. The van der Waals surface area contributed by atoms with Gasteiger partial charge in [0.15, 0.2) is 5.69 Å². The van der Waals surface area contributed by atoms with Crippen LogP contribution < -0.4 is 5.32 Å². The van der Waals surface area contributed by atoms with E-state index in [2.05, 4.69) is 15.6 Å². The van der Waals surface area contributed by atoms with E-state index in [4.69, 9.17) is 5.11 Å². The maximum absolute atomic E-state index is 10.6. The summed E-state index contributed by atoms with van der Waals surface area (Å²) >= 11 is 0. The van der Waals surface area contributed by atoms with Crippen LogP contribution in [0.2, 0.25) is 0 Å². The van der Waals surface area contributed by atoms with Gasteiger partial charge in [0.05, 0.1) is 19.3 Å². The third kappa shape index (κ3) is 2.85. The molecule has 1 aliphatic rings. The Hall–Kier alpha value is -1.47. The summed E-state index contributed by atoms with van der Waals surface area (Å²) in [6.07, 6.45) is 5.66. The molecule has 0 radical (unpaired) electrons. The van der Waals surface area contributed by atoms with E-state index in [1.807, 2.05) is 0 Å². The van der Waals surface area contributed by atoms with Crippen LogP contribution in [0.1, 0.15) is 36.2 Å². The topological polar surface area (TPSA) is 100 Å². The van der Waals surface area contributed by atoms with Crippen LogP contribution in [0.15, 0.2) is 6.20 Å². The highest BCUT2D eigenvalue weighted by atomic mass is 16.4. The normalized spacial score (nSPS) is 18.1. The van der Waals surface area contributed by atoms with Crippen LogP contribution in [0.3, 0.4) is 0 Å². The molecule has 0 bridgehead atoms. The molecule has 0 unspecified atom stereocenters. The predicted octanol–water partition coefficient (Wildman–Crippen LogP) is -0.129. The lowest BCUT2D eigenvalue weighted by atomic mass is 9.99. The molecule has 18 heavy (non-hydrogen) atoms. The van der Waals surface area contributed by atoms with E-state index in [9.17, 15) is 9.90 Å². The molecule has 0 spiro atoms. The summed E-state index contributed by atoms with van der Waals surface area (Å²) < 4.78 is 1.50. The minimum Gasteiger partial charge on any atom is -0.476 e. The first-order valence-electron chi connectivity index (χ1n) is 6.14. The zero-order chi connectivity index (χ0) is 13.0. The number of carboxylic acid groups (broad SMARTS) is 1. The fraction of sp³-hybridized carbons (Fsp3) is 0.727. The fourth-order valence-electron chi connectivity index (χ4n) is 2.38. The van der Waals surface area contributed by atoms with E-state index in [0.717, 1.165) is 25.7 Å². The first-order chi connectivity index (χ1) is 8.65. The first kappa shape index (κ1) is 13.0. The van der Waals surface area contributed by atoms with E-state index < -0.39 is 5.97 Å².